The number of hydrogen-bond acceptors (Lipinski definition) is 4. The standard InChI is InChI=1S/C31H38N2O3/c1-23-21-33(19-18-31(23,2)26-10-7-11-28(35)20-26)22-29(25-8-5-4-6-9-25)32(3)30(36)17-14-24-12-15-27(34)16-13-24/h4-13,15-16,20,23,29,34-35H,14,17-19,21-22H2,1-3H3/t23-,29+,31+/m0/s1. The fourth-order valence-corrected chi connectivity index (χ4v) is 5.41. The second kappa shape index (κ2) is 11.2. The number of hydrogen-bond donors (Lipinski definition) is 2. The molecule has 0 aliphatic carbocycles. The molecule has 4 rings (SSSR count). The van der Waals surface area contributed by atoms with Crippen LogP contribution in [-0.4, -0.2) is 52.6 Å². The van der Waals surface area contributed by atoms with Gasteiger partial charge >= 0.3 is 0 Å². The number of likely N-dealkylation sites (N-methyl/N-ethyl adjacent to an activating group) is 1. The lowest BCUT2D eigenvalue weighted by molar-refractivity contribution is -0.132. The van der Waals surface area contributed by atoms with E-state index in [0.29, 0.717) is 24.5 Å². The van der Waals surface area contributed by atoms with Gasteiger partial charge in [0.1, 0.15) is 11.5 Å². The largest absolute Gasteiger partial charge is 0.508 e. The Morgan fingerprint density at radius 3 is 2.42 bits per heavy atom. The molecule has 36 heavy (non-hydrogen) atoms. The fourth-order valence-electron chi connectivity index (χ4n) is 5.41. The second-order valence-corrected chi connectivity index (χ2v) is 10.5. The van der Waals surface area contributed by atoms with Gasteiger partial charge in [0, 0.05) is 26.6 Å². The number of phenols is 2. The van der Waals surface area contributed by atoms with Crippen LogP contribution < -0.4 is 0 Å². The first kappa shape index (κ1) is 25.8. The first-order valence-corrected chi connectivity index (χ1v) is 12.9. The summed E-state index contributed by atoms with van der Waals surface area (Å²) in [5.41, 5.74) is 3.38. The lowest BCUT2D eigenvalue weighted by Gasteiger charge is -2.46. The van der Waals surface area contributed by atoms with Crippen LogP contribution in [0.1, 0.15) is 49.4 Å². The summed E-state index contributed by atoms with van der Waals surface area (Å²) in [5.74, 6) is 1.08. The van der Waals surface area contributed by atoms with Gasteiger partial charge in [-0.25, -0.2) is 0 Å². The van der Waals surface area contributed by atoms with E-state index in [4.69, 9.17) is 0 Å². The Labute approximate surface area is 215 Å². The number of piperidine rings is 1. The molecule has 1 fully saturated rings. The summed E-state index contributed by atoms with van der Waals surface area (Å²) in [4.78, 5) is 17.6. The molecule has 190 valence electrons. The number of rotatable bonds is 8. The number of phenolic OH excluding ortho intramolecular Hbond substituents is 2. The molecule has 0 radical (unpaired) electrons. The van der Waals surface area contributed by atoms with Crippen molar-refractivity contribution in [2.75, 3.05) is 26.7 Å². The number of carbonyl (C=O) groups is 1. The highest BCUT2D eigenvalue weighted by atomic mass is 16.3. The molecule has 0 unspecified atom stereocenters. The van der Waals surface area contributed by atoms with Crippen LogP contribution in [0.5, 0.6) is 11.5 Å². The molecule has 5 nitrogen and oxygen atoms in total. The van der Waals surface area contributed by atoms with E-state index in [1.54, 1.807) is 18.2 Å². The molecular formula is C31H38N2O3. The minimum atomic E-state index is -0.0316. The molecule has 2 N–H and O–H groups in total. The van der Waals surface area contributed by atoms with Gasteiger partial charge in [0.25, 0.3) is 0 Å². The van der Waals surface area contributed by atoms with Gasteiger partial charge in [-0.1, -0.05) is 68.4 Å². The summed E-state index contributed by atoms with van der Waals surface area (Å²) in [6.07, 6.45) is 2.07. The number of benzene rings is 3. The minimum Gasteiger partial charge on any atom is -0.508 e. The third kappa shape index (κ3) is 5.90. The summed E-state index contributed by atoms with van der Waals surface area (Å²) >= 11 is 0. The van der Waals surface area contributed by atoms with Gasteiger partial charge in [-0.05, 0) is 71.7 Å². The van der Waals surface area contributed by atoms with Crippen LogP contribution in [-0.2, 0) is 16.6 Å². The molecule has 3 aromatic carbocycles. The Bertz CT molecular complexity index is 1150. The van der Waals surface area contributed by atoms with Crippen molar-refractivity contribution in [2.24, 2.45) is 5.92 Å². The highest BCUT2D eigenvalue weighted by Gasteiger charge is 2.39. The topological polar surface area (TPSA) is 64.0 Å². The summed E-state index contributed by atoms with van der Waals surface area (Å²) in [5, 5.41) is 19.5. The van der Waals surface area contributed by atoms with Gasteiger partial charge in [-0.2, -0.15) is 0 Å². The van der Waals surface area contributed by atoms with E-state index in [0.717, 1.165) is 37.2 Å². The lowest BCUT2D eigenvalue weighted by atomic mass is 9.68. The van der Waals surface area contributed by atoms with Crippen LogP contribution in [0.4, 0.5) is 0 Å². The zero-order valence-electron chi connectivity index (χ0n) is 21.6. The highest BCUT2D eigenvalue weighted by Crippen LogP contribution is 2.40. The highest BCUT2D eigenvalue weighted by molar-refractivity contribution is 5.76. The van der Waals surface area contributed by atoms with Crippen molar-refractivity contribution < 1.29 is 15.0 Å². The molecule has 1 heterocycles. The lowest BCUT2D eigenvalue weighted by Crippen LogP contribution is -2.50. The second-order valence-electron chi connectivity index (χ2n) is 10.5. The van der Waals surface area contributed by atoms with E-state index >= 15 is 0 Å². The smallest absolute Gasteiger partial charge is 0.223 e. The molecule has 0 aromatic heterocycles. The number of aryl methyl sites for hydroxylation is 1. The average Bonchev–Trinajstić information content (AvgIpc) is 2.89. The van der Waals surface area contributed by atoms with E-state index in [2.05, 4.69) is 36.9 Å². The van der Waals surface area contributed by atoms with E-state index < -0.39 is 0 Å². The van der Waals surface area contributed by atoms with Crippen LogP contribution in [0.3, 0.4) is 0 Å². The van der Waals surface area contributed by atoms with Gasteiger partial charge in [-0.3, -0.25) is 4.79 Å². The van der Waals surface area contributed by atoms with Crippen LogP contribution >= 0.6 is 0 Å². The normalized spacial score (nSPS) is 21.1. The van der Waals surface area contributed by atoms with Crippen LogP contribution in [0.25, 0.3) is 0 Å². The van der Waals surface area contributed by atoms with Crippen molar-refractivity contribution >= 4 is 5.91 Å². The van der Waals surface area contributed by atoms with E-state index in [1.807, 2.05) is 54.4 Å². The molecule has 3 aromatic rings. The Morgan fingerprint density at radius 1 is 1.03 bits per heavy atom. The zero-order chi connectivity index (χ0) is 25.7. The van der Waals surface area contributed by atoms with Crippen molar-refractivity contribution in [1.29, 1.82) is 0 Å². The summed E-state index contributed by atoms with van der Waals surface area (Å²) in [7, 11) is 1.92. The molecule has 0 bridgehead atoms. The molecule has 1 aliphatic rings. The molecular weight excluding hydrogens is 448 g/mol. The number of aromatic hydroxyl groups is 2. The quantitative estimate of drug-likeness (QED) is 0.439. The van der Waals surface area contributed by atoms with E-state index in [-0.39, 0.29) is 23.1 Å². The Balaban J connectivity index is 1.45. The van der Waals surface area contributed by atoms with Crippen molar-refractivity contribution in [3.05, 3.63) is 95.6 Å². The molecule has 1 aliphatic heterocycles. The molecule has 0 spiro atoms. The SMILES string of the molecule is C[C@H]1CN(C[C@H](c2ccccc2)N(C)C(=O)CCc2ccc(O)cc2)CC[C@@]1(C)c1cccc(O)c1. The van der Waals surface area contributed by atoms with Crippen LogP contribution in [0.15, 0.2) is 78.9 Å². The average molecular weight is 487 g/mol. The van der Waals surface area contributed by atoms with Crippen molar-refractivity contribution in [1.82, 2.24) is 9.80 Å². The molecule has 1 amide bonds. The van der Waals surface area contributed by atoms with E-state index in [9.17, 15) is 15.0 Å². The maximum Gasteiger partial charge on any atom is 0.223 e. The minimum absolute atomic E-state index is 0.00330. The number of likely N-dealkylation sites (tertiary alicyclic amines) is 1. The summed E-state index contributed by atoms with van der Waals surface area (Å²) < 4.78 is 0. The van der Waals surface area contributed by atoms with Gasteiger partial charge in [0.2, 0.25) is 5.91 Å². The maximum absolute atomic E-state index is 13.3. The van der Waals surface area contributed by atoms with Crippen molar-refractivity contribution in [3.63, 3.8) is 0 Å². The molecule has 3 atom stereocenters. The Hall–Kier alpha value is -3.31. The van der Waals surface area contributed by atoms with Crippen LogP contribution in [0, 0.1) is 5.92 Å². The Morgan fingerprint density at radius 2 is 1.75 bits per heavy atom. The summed E-state index contributed by atoms with van der Waals surface area (Å²) in [6.45, 7) is 7.25. The van der Waals surface area contributed by atoms with E-state index in [1.165, 1.54) is 5.56 Å². The third-order valence-corrected chi connectivity index (χ3v) is 8.11. The Kier molecular flexibility index (Phi) is 8.00. The van der Waals surface area contributed by atoms with Gasteiger partial charge < -0.3 is 20.0 Å². The number of carbonyl (C=O) groups excluding carboxylic acids is 1. The first-order valence-electron chi connectivity index (χ1n) is 12.9. The van der Waals surface area contributed by atoms with Gasteiger partial charge in [-0.15, -0.1) is 0 Å². The number of amides is 1. The molecule has 0 saturated carbocycles. The first-order chi connectivity index (χ1) is 17.3. The predicted molar refractivity (Wildman–Crippen MR) is 144 cm³/mol. The zero-order valence-corrected chi connectivity index (χ0v) is 21.6. The monoisotopic (exact) mass is 486 g/mol. The number of nitrogens with zero attached hydrogens (tertiary/aromatic N) is 2. The van der Waals surface area contributed by atoms with Crippen LogP contribution in [0.2, 0.25) is 0 Å². The fraction of sp³-hybridized carbons (Fsp3) is 0.387. The van der Waals surface area contributed by atoms with Gasteiger partial charge in [0.15, 0.2) is 0 Å². The summed E-state index contributed by atoms with van der Waals surface area (Å²) in [6, 6.07) is 25.0. The van der Waals surface area contributed by atoms with Crippen molar-refractivity contribution in [3.8, 4) is 11.5 Å². The molecule has 5 heteroatoms. The predicted octanol–water partition coefficient (Wildman–Crippen LogP) is 5.53. The van der Waals surface area contributed by atoms with Crippen molar-refractivity contribution in [2.45, 2.75) is 44.6 Å². The maximum atomic E-state index is 13.3. The molecule has 1 saturated heterocycles. The third-order valence-electron chi connectivity index (χ3n) is 8.11. The van der Waals surface area contributed by atoms with Gasteiger partial charge in [0.05, 0.1) is 6.04 Å².